The van der Waals surface area contributed by atoms with E-state index < -0.39 is 23.5 Å². The van der Waals surface area contributed by atoms with E-state index in [1.54, 1.807) is 12.1 Å². The second kappa shape index (κ2) is 8.57. The molecule has 3 atom stereocenters. The van der Waals surface area contributed by atoms with E-state index in [0.29, 0.717) is 24.5 Å². The molecule has 1 aliphatic carbocycles. The van der Waals surface area contributed by atoms with Crippen LogP contribution in [0.3, 0.4) is 0 Å². The van der Waals surface area contributed by atoms with Gasteiger partial charge in [-0.1, -0.05) is 19.1 Å². The molecule has 8 heteroatoms. The summed E-state index contributed by atoms with van der Waals surface area (Å²) in [6.07, 6.45) is -7.98. The molecular formula is C22H21F7O. The van der Waals surface area contributed by atoms with Crippen LogP contribution in [0.25, 0.3) is 0 Å². The Hall–Kier alpha value is -2.09. The molecule has 2 aromatic rings. The highest BCUT2D eigenvalue weighted by Crippen LogP contribution is 2.40. The molecule has 0 aliphatic heterocycles. The Morgan fingerprint density at radius 2 is 1.43 bits per heavy atom. The highest BCUT2D eigenvalue weighted by Gasteiger charge is 2.37. The van der Waals surface area contributed by atoms with Crippen molar-refractivity contribution >= 4 is 0 Å². The molecule has 164 valence electrons. The van der Waals surface area contributed by atoms with Crippen molar-refractivity contribution < 1.29 is 35.5 Å². The average Bonchev–Trinajstić information content (AvgIpc) is 2.66. The maximum absolute atomic E-state index is 13.3. The van der Waals surface area contributed by atoms with Crippen LogP contribution in [0.1, 0.15) is 54.4 Å². The quantitative estimate of drug-likeness (QED) is 0.457. The van der Waals surface area contributed by atoms with Gasteiger partial charge in [0.15, 0.2) is 0 Å². The molecule has 2 aromatic carbocycles. The fourth-order valence-electron chi connectivity index (χ4n) is 3.92. The van der Waals surface area contributed by atoms with Crippen molar-refractivity contribution in [2.24, 2.45) is 5.92 Å². The monoisotopic (exact) mass is 434 g/mol. The smallest absolute Gasteiger partial charge is 0.373 e. The Morgan fingerprint density at radius 3 is 1.97 bits per heavy atom. The highest BCUT2D eigenvalue weighted by molar-refractivity contribution is 5.33. The van der Waals surface area contributed by atoms with Crippen molar-refractivity contribution in [3.63, 3.8) is 0 Å². The number of rotatable bonds is 4. The van der Waals surface area contributed by atoms with Crippen molar-refractivity contribution in [3.05, 3.63) is 70.5 Å². The van der Waals surface area contributed by atoms with E-state index in [-0.39, 0.29) is 36.1 Å². The van der Waals surface area contributed by atoms with E-state index in [1.165, 1.54) is 12.1 Å². The van der Waals surface area contributed by atoms with Gasteiger partial charge in [-0.2, -0.15) is 26.3 Å². The molecule has 3 rings (SSSR count). The molecule has 0 heterocycles. The van der Waals surface area contributed by atoms with Crippen molar-refractivity contribution in [1.29, 1.82) is 0 Å². The van der Waals surface area contributed by atoms with E-state index in [4.69, 9.17) is 4.74 Å². The van der Waals surface area contributed by atoms with Gasteiger partial charge in [0.2, 0.25) is 0 Å². The van der Waals surface area contributed by atoms with Crippen LogP contribution in [0, 0.1) is 11.7 Å². The first-order chi connectivity index (χ1) is 13.9. The van der Waals surface area contributed by atoms with Crippen molar-refractivity contribution in [2.75, 3.05) is 0 Å². The Labute approximate surface area is 169 Å². The summed E-state index contributed by atoms with van der Waals surface area (Å²) >= 11 is 0. The standard InChI is InChI=1S/C22H21F7O/c1-13-2-7-20(19(8-13)15-3-5-18(23)6-4-15)30-12-14-9-16(21(24,25)26)11-17(10-14)22(27,28)29/h3-6,9-11,13,19-20H,2,7-8,12H2,1H3/t13-,19?,20+/m1/s1. The Morgan fingerprint density at radius 1 is 0.867 bits per heavy atom. The number of hydrogen-bond acceptors (Lipinski definition) is 1. The third kappa shape index (κ3) is 5.53. The van der Waals surface area contributed by atoms with Crippen molar-refractivity contribution in [3.8, 4) is 0 Å². The molecule has 1 saturated carbocycles. The zero-order valence-electron chi connectivity index (χ0n) is 16.2. The average molecular weight is 434 g/mol. The van der Waals surface area contributed by atoms with Gasteiger partial charge in [0.25, 0.3) is 0 Å². The minimum Gasteiger partial charge on any atom is -0.373 e. The van der Waals surface area contributed by atoms with E-state index in [1.807, 2.05) is 0 Å². The number of hydrogen-bond donors (Lipinski definition) is 0. The normalized spacial score (nSPS) is 22.9. The van der Waals surface area contributed by atoms with Crippen LogP contribution in [0.5, 0.6) is 0 Å². The van der Waals surface area contributed by atoms with Crippen molar-refractivity contribution in [2.45, 2.75) is 57.2 Å². The highest BCUT2D eigenvalue weighted by atomic mass is 19.4. The molecule has 1 aliphatic rings. The van der Waals surface area contributed by atoms with Crippen LogP contribution in [0.4, 0.5) is 30.7 Å². The minimum absolute atomic E-state index is 0.104. The minimum atomic E-state index is -4.90. The molecule has 0 bridgehead atoms. The van der Waals surface area contributed by atoms with Gasteiger partial charge in [-0.3, -0.25) is 0 Å². The van der Waals surface area contributed by atoms with Crippen LogP contribution < -0.4 is 0 Å². The van der Waals surface area contributed by atoms with Gasteiger partial charge in [0, 0.05) is 5.92 Å². The summed E-state index contributed by atoms with van der Waals surface area (Å²) in [6, 6.07) is 7.41. The third-order valence-electron chi connectivity index (χ3n) is 5.46. The van der Waals surface area contributed by atoms with E-state index in [0.717, 1.165) is 18.4 Å². The first-order valence-electron chi connectivity index (χ1n) is 9.59. The van der Waals surface area contributed by atoms with Gasteiger partial charge in [-0.15, -0.1) is 0 Å². The number of halogens is 7. The lowest BCUT2D eigenvalue weighted by Gasteiger charge is -2.35. The second-order valence-electron chi connectivity index (χ2n) is 7.84. The zero-order chi connectivity index (χ0) is 22.1. The summed E-state index contributed by atoms with van der Waals surface area (Å²) in [5.74, 6) is -0.115. The number of alkyl halides is 6. The van der Waals surface area contributed by atoms with Crippen LogP contribution in [0.15, 0.2) is 42.5 Å². The summed E-state index contributed by atoms with van der Waals surface area (Å²) in [6.45, 7) is 1.69. The number of benzene rings is 2. The molecule has 1 fully saturated rings. The maximum Gasteiger partial charge on any atom is 0.416 e. The third-order valence-corrected chi connectivity index (χ3v) is 5.46. The van der Waals surface area contributed by atoms with Crippen LogP contribution in [-0.4, -0.2) is 6.10 Å². The molecule has 0 N–H and O–H groups in total. The molecule has 0 saturated heterocycles. The molecule has 1 unspecified atom stereocenters. The van der Waals surface area contributed by atoms with E-state index >= 15 is 0 Å². The van der Waals surface area contributed by atoms with Gasteiger partial charge in [0.1, 0.15) is 5.82 Å². The summed E-state index contributed by atoms with van der Waals surface area (Å²) in [4.78, 5) is 0. The Balaban J connectivity index is 1.82. The summed E-state index contributed by atoms with van der Waals surface area (Å²) in [7, 11) is 0. The summed E-state index contributed by atoms with van der Waals surface area (Å²) < 4.78 is 97.4. The predicted octanol–water partition coefficient (Wildman–Crippen LogP) is 7.35. The number of ether oxygens (including phenoxy) is 1. The van der Waals surface area contributed by atoms with Crippen LogP contribution in [-0.2, 0) is 23.7 Å². The Bertz CT molecular complexity index is 823. The first-order valence-corrected chi connectivity index (χ1v) is 9.59. The lowest BCUT2D eigenvalue weighted by atomic mass is 9.76. The molecule has 0 amide bonds. The Kier molecular flexibility index (Phi) is 6.45. The molecule has 0 spiro atoms. The summed E-state index contributed by atoms with van der Waals surface area (Å²) in [5, 5.41) is 0. The lowest BCUT2D eigenvalue weighted by molar-refractivity contribution is -0.143. The largest absolute Gasteiger partial charge is 0.416 e. The molecule has 0 aromatic heterocycles. The predicted molar refractivity (Wildman–Crippen MR) is 97.2 cm³/mol. The summed E-state index contributed by atoms with van der Waals surface area (Å²) in [5.41, 5.74) is -2.06. The second-order valence-corrected chi connectivity index (χ2v) is 7.84. The molecular weight excluding hydrogens is 413 g/mol. The fourth-order valence-corrected chi connectivity index (χ4v) is 3.92. The van der Waals surface area contributed by atoms with E-state index in [2.05, 4.69) is 6.92 Å². The molecule has 30 heavy (non-hydrogen) atoms. The van der Waals surface area contributed by atoms with Gasteiger partial charge in [-0.25, -0.2) is 4.39 Å². The van der Waals surface area contributed by atoms with Gasteiger partial charge >= 0.3 is 12.4 Å². The van der Waals surface area contributed by atoms with E-state index in [9.17, 15) is 30.7 Å². The van der Waals surface area contributed by atoms with Gasteiger partial charge in [-0.05, 0) is 66.6 Å². The molecule has 0 radical (unpaired) electrons. The lowest BCUT2D eigenvalue weighted by Crippen LogP contribution is -2.29. The zero-order valence-corrected chi connectivity index (χ0v) is 16.2. The molecule has 1 nitrogen and oxygen atoms in total. The van der Waals surface area contributed by atoms with Gasteiger partial charge < -0.3 is 4.74 Å². The van der Waals surface area contributed by atoms with Crippen molar-refractivity contribution in [1.82, 2.24) is 0 Å². The first kappa shape index (κ1) is 22.6. The SMILES string of the molecule is C[C@@H]1CC[C@H](OCc2cc(C(F)(F)F)cc(C(F)(F)F)c2)C(c2ccc(F)cc2)C1. The topological polar surface area (TPSA) is 9.23 Å². The fraction of sp³-hybridized carbons (Fsp3) is 0.455. The van der Waals surface area contributed by atoms with Gasteiger partial charge in [0.05, 0.1) is 23.8 Å². The van der Waals surface area contributed by atoms with Crippen LogP contribution in [0.2, 0.25) is 0 Å². The maximum atomic E-state index is 13.3. The van der Waals surface area contributed by atoms with Crippen LogP contribution >= 0.6 is 0 Å².